The lowest BCUT2D eigenvalue weighted by Gasteiger charge is -2.42. The summed E-state index contributed by atoms with van der Waals surface area (Å²) in [4.78, 5) is 85.8. The van der Waals surface area contributed by atoms with Gasteiger partial charge in [-0.1, -0.05) is 71.1 Å². The maximum absolute atomic E-state index is 14.6. The zero-order valence-corrected chi connectivity index (χ0v) is 45.9. The minimum atomic E-state index is -2.45. The van der Waals surface area contributed by atoms with Gasteiger partial charge in [0.15, 0.2) is 5.78 Å². The summed E-state index contributed by atoms with van der Waals surface area (Å²) < 4.78 is 35.9. The van der Waals surface area contributed by atoms with Gasteiger partial charge in [0.1, 0.15) is 36.2 Å². The molecule has 3 heterocycles. The molecule has 2 saturated heterocycles. The van der Waals surface area contributed by atoms with Crippen LogP contribution in [0.4, 0.5) is 0 Å². The van der Waals surface area contributed by atoms with Crippen molar-refractivity contribution in [2.75, 3.05) is 27.9 Å². The molecular formula is C58H89NO15. The molecule has 15 atom stereocenters. The number of aliphatic hydroxyl groups is 3. The van der Waals surface area contributed by atoms with Gasteiger partial charge in [-0.2, -0.15) is 0 Å². The number of hydrogen-bond donors (Lipinski definition) is 3. The van der Waals surface area contributed by atoms with Gasteiger partial charge in [0.2, 0.25) is 5.79 Å². The van der Waals surface area contributed by atoms with Gasteiger partial charge in [-0.25, -0.2) is 4.79 Å². The zero-order valence-electron chi connectivity index (χ0n) is 45.9. The van der Waals surface area contributed by atoms with Gasteiger partial charge in [0.05, 0.1) is 30.3 Å². The van der Waals surface area contributed by atoms with E-state index in [0.717, 1.165) is 5.57 Å². The van der Waals surface area contributed by atoms with Crippen LogP contribution in [-0.2, 0) is 57.2 Å². The number of Topliss-reactive ketones (excluding diaryl/α,β-unsaturated/α-hetero) is 3. The lowest BCUT2D eigenvalue weighted by Crippen LogP contribution is -2.61. The average molecular weight is 1040 g/mol. The molecule has 0 spiro atoms. The molecule has 2 saturated carbocycles. The van der Waals surface area contributed by atoms with Crippen LogP contribution in [0, 0.1) is 41.4 Å². The van der Waals surface area contributed by atoms with E-state index in [1.54, 1.807) is 41.1 Å². The molecule has 5 rings (SSSR count). The first-order valence-electron chi connectivity index (χ1n) is 27.5. The van der Waals surface area contributed by atoms with Crippen molar-refractivity contribution in [3.05, 3.63) is 47.6 Å². The summed E-state index contributed by atoms with van der Waals surface area (Å²) in [5.74, 6) is -8.82. The molecule has 16 nitrogen and oxygen atoms in total. The number of nitrogens with zero attached hydrogens (tertiary/aromatic N) is 1. The Morgan fingerprint density at radius 2 is 1.53 bits per heavy atom. The maximum atomic E-state index is 14.6. The molecule has 0 aromatic heterocycles. The van der Waals surface area contributed by atoms with Gasteiger partial charge in [-0.15, -0.1) is 0 Å². The highest BCUT2D eigenvalue weighted by Crippen LogP contribution is 2.39. The van der Waals surface area contributed by atoms with Crippen LogP contribution in [-0.4, -0.2) is 144 Å². The lowest BCUT2D eigenvalue weighted by molar-refractivity contribution is -0.265. The number of cyclic esters (lactones) is 1. The van der Waals surface area contributed by atoms with Crippen LogP contribution in [0.5, 0.6) is 0 Å². The van der Waals surface area contributed by atoms with Gasteiger partial charge in [0, 0.05) is 58.5 Å². The summed E-state index contributed by atoms with van der Waals surface area (Å²) in [6.45, 7) is 12.7. The minimum absolute atomic E-state index is 0.00377. The van der Waals surface area contributed by atoms with Gasteiger partial charge >= 0.3 is 11.9 Å². The van der Waals surface area contributed by atoms with E-state index >= 15 is 0 Å². The topological polar surface area (TPSA) is 222 Å². The minimum Gasteiger partial charge on any atom is -0.460 e. The van der Waals surface area contributed by atoms with E-state index in [1.165, 1.54) is 12.0 Å². The number of ether oxygens (including phenoxy) is 6. The van der Waals surface area contributed by atoms with Crippen LogP contribution in [0.2, 0.25) is 0 Å². The van der Waals surface area contributed by atoms with Crippen molar-refractivity contribution in [2.45, 2.75) is 212 Å². The van der Waals surface area contributed by atoms with E-state index in [4.69, 9.17) is 28.4 Å². The molecule has 4 fully saturated rings. The monoisotopic (exact) mass is 1040 g/mol. The summed E-state index contributed by atoms with van der Waals surface area (Å²) in [5, 5.41) is 33.5. The molecule has 3 aliphatic heterocycles. The van der Waals surface area contributed by atoms with E-state index in [2.05, 4.69) is 0 Å². The molecule has 74 heavy (non-hydrogen) atoms. The van der Waals surface area contributed by atoms with Crippen LogP contribution in [0.15, 0.2) is 47.6 Å². The van der Waals surface area contributed by atoms with Crippen molar-refractivity contribution in [3.63, 3.8) is 0 Å². The van der Waals surface area contributed by atoms with Crippen LogP contribution in [0.1, 0.15) is 151 Å². The van der Waals surface area contributed by atoms with E-state index in [9.17, 15) is 44.1 Å². The van der Waals surface area contributed by atoms with Crippen LogP contribution in [0.25, 0.3) is 0 Å². The van der Waals surface area contributed by atoms with Crippen molar-refractivity contribution in [2.24, 2.45) is 41.4 Å². The molecule has 0 aromatic rings. The number of carbonyl (C=O) groups is 6. The van der Waals surface area contributed by atoms with E-state index in [-0.39, 0.29) is 60.8 Å². The van der Waals surface area contributed by atoms with Gasteiger partial charge in [-0.05, 0) is 133 Å². The number of fused-ring (bicyclic) bond motifs is 3. The largest absolute Gasteiger partial charge is 0.460 e. The first-order valence-corrected chi connectivity index (χ1v) is 27.5. The molecule has 16 heteroatoms. The van der Waals surface area contributed by atoms with Crippen molar-refractivity contribution in [1.82, 2.24) is 4.90 Å². The second-order valence-electron chi connectivity index (χ2n) is 22.5. The SMILES string of the molecule is CO[C@H]1C[C@@H]2CC[C@@H](C)[C@@](O)(O2)C(=O)C(=O)N2CCCC[C@H]2C(=O)O[C@H]([C@H](C)C[C@@H]2CC[C@@H](OC(=O)C3CCC(O)CC3)[C@H](OC)C2)CC(=O)[C@H](C)/C=C(\C)[C@@H](O)[C@@H](OC)C(=O)[C@H](C)C[C@H](C)/C=C/C=C/C=C/1C. The number of rotatable bonds is 8. The lowest BCUT2D eigenvalue weighted by atomic mass is 9.78. The number of ketones is 3. The molecule has 1 amide bonds. The molecule has 0 radical (unpaired) electrons. The average Bonchev–Trinajstić information content (AvgIpc) is 3.38. The predicted octanol–water partition coefficient (Wildman–Crippen LogP) is 7.28. The van der Waals surface area contributed by atoms with Gasteiger partial charge in [-0.3, -0.25) is 24.0 Å². The summed E-state index contributed by atoms with van der Waals surface area (Å²) in [5.41, 5.74) is 1.24. The normalized spacial score (nSPS) is 40.1. The van der Waals surface area contributed by atoms with Gasteiger partial charge < -0.3 is 48.6 Å². The fraction of sp³-hybridized carbons (Fsp3) is 0.759. The smallest absolute Gasteiger partial charge is 0.329 e. The first-order chi connectivity index (χ1) is 35.1. The number of aliphatic hydroxyl groups excluding tert-OH is 2. The van der Waals surface area contributed by atoms with Crippen LogP contribution in [0.3, 0.4) is 0 Å². The summed E-state index contributed by atoms with van der Waals surface area (Å²) >= 11 is 0. The molecule has 0 unspecified atom stereocenters. The number of allylic oxidation sites excluding steroid dienone is 6. The van der Waals surface area contributed by atoms with Gasteiger partial charge in [0.25, 0.3) is 11.7 Å². The Balaban J connectivity index is 1.43. The Bertz CT molecular complexity index is 2040. The van der Waals surface area contributed by atoms with Crippen molar-refractivity contribution in [1.29, 1.82) is 0 Å². The number of esters is 2. The number of methoxy groups -OCH3 is 3. The molecule has 3 N–H and O–H groups in total. The zero-order chi connectivity index (χ0) is 54.4. The summed E-state index contributed by atoms with van der Waals surface area (Å²) in [7, 11) is 4.54. The fourth-order valence-corrected chi connectivity index (χ4v) is 11.8. The number of carbonyl (C=O) groups excluding carboxylic acids is 6. The second-order valence-corrected chi connectivity index (χ2v) is 22.5. The van der Waals surface area contributed by atoms with E-state index < -0.39 is 95.9 Å². The Labute approximate surface area is 440 Å². The maximum Gasteiger partial charge on any atom is 0.329 e. The standard InChI is InChI=1S/C58H89NO15/c1-34-16-12-11-13-17-35(2)48(69-8)32-44-25-19-40(7)58(68,74-44)54(64)55(65)59-27-15-14-18-45(59)57(67)73-49(33-46(61)36(3)29-39(6)52(63)53(71-10)51(62)38(5)28-34)37(4)30-41-20-26-47(50(31-41)70-9)72-56(66)42-21-23-43(60)24-22-42/h11-13,16-17,29,34,36-38,40-45,47-50,52-53,60,63,68H,14-15,18-28,30-33H2,1-10H3/b13-11+,16-12+,35-17+,39-29+/t34-,36-,37-,38-,40-,41+,42?,43?,44+,45+,47-,48+,49+,50-,52-,53+,58-/m1/s1. The Kier molecular flexibility index (Phi) is 23.5. The quantitative estimate of drug-likeness (QED) is 0.123. The summed E-state index contributed by atoms with van der Waals surface area (Å²) in [6, 6.07) is -1.17. The third kappa shape index (κ3) is 16.1. The van der Waals surface area contributed by atoms with Crippen molar-refractivity contribution >= 4 is 35.2 Å². The highest BCUT2D eigenvalue weighted by atomic mass is 16.6. The van der Waals surface area contributed by atoms with Crippen molar-refractivity contribution in [3.8, 4) is 0 Å². The molecule has 2 bridgehead atoms. The van der Waals surface area contributed by atoms with Crippen LogP contribution < -0.4 is 0 Å². The third-order valence-corrected chi connectivity index (χ3v) is 16.8. The molecular weight excluding hydrogens is 951 g/mol. The van der Waals surface area contributed by atoms with Crippen molar-refractivity contribution < 1.29 is 72.5 Å². The van der Waals surface area contributed by atoms with E-state index in [0.29, 0.717) is 95.5 Å². The number of piperidine rings is 1. The molecule has 5 aliphatic rings. The predicted molar refractivity (Wildman–Crippen MR) is 277 cm³/mol. The highest BCUT2D eigenvalue weighted by molar-refractivity contribution is 6.39. The molecule has 2 aliphatic carbocycles. The fourth-order valence-electron chi connectivity index (χ4n) is 11.8. The Morgan fingerprint density at radius 3 is 2.20 bits per heavy atom. The first kappa shape index (κ1) is 61.0. The second kappa shape index (κ2) is 28.5. The number of hydrogen-bond acceptors (Lipinski definition) is 15. The Morgan fingerprint density at radius 1 is 0.811 bits per heavy atom. The summed E-state index contributed by atoms with van der Waals surface area (Å²) in [6.07, 6.45) is 12.7. The van der Waals surface area contributed by atoms with Crippen LogP contribution >= 0.6 is 0 Å². The van der Waals surface area contributed by atoms with E-state index in [1.807, 2.05) is 58.1 Å². The highest BCUT2D eigenvalue weighted by Gasteiger charge is 2.53. The third-order valence-electron chi connectivity index (χ3n) is 16.8. The molecule has 0 aromatic carbocycles. The molecule has 416 valence electrons. The Hall–Kier alpha value is -3.90. The number of amides is 1.